The van der Waals surface area contributed by atoms with Crippen LogP contribution >= 0.6 is 0 Å². The molecule has 0 amide bonds. The number of allylic oxidation sites excluding steroid dienone is 1. The van der Waals surface area contributed by atoms with Crippen LogP contribution in [-0.4, -0.2) is 5.78 Å². The highest BCUT2D eigenvalue weighted by Gasteiger charge is 2.21. The number of rotatable bonds is 0. The number of ketones is 1. The van der Waals surface area contributed by atoms with Gasteiger partial charge in [-0.3, -0.25) is 4.79 Å². The van der Waals surface area contributed by atoms with Crippen LogP contribution in [0.4, 0.5) is 0 Å². The average molecular weight is 173 g/mol. The van der Waals surface area contributed by atoms with E-state index >= 15 is 0 Å². The Morgan fingerprint density at radius 3 is 2.77 bits per heavy atom. The SMILES string of the molecule is CC1=CC(=O)c2ccccc2C1N. The van der Waals surface area contributed by atoms with Gasteiger partial charge in [0.15, 0.2) is 5.78 Å². The van der Waals surface area contributed by atoms with Gasteiger partial charge in [0, 0.05) is 5.56 Å². The van der Waals surface area contributed by atoms with Gasteiger partial charge < -0.3 is 5.73 Å². The zero-order valence-corrected chi connectivity index (χ0v) is 7.45. The number of hydrogen-bond acceptors (Lipinski definition) is 2. The van der Waals surface area contributed by atoms with Crippen LogP contribution in [0.5, 0.6) is 0 Å². The lowest BCUT2D eigenvalue weighted by Crippen LogP contribution is -2.20. The third-order valence-corrected chi connectivity index (χ3v) is 2.41. The van der Waals surface area contributed by atoms with Gasteiger partial charge in [-0.15, -0.1) is 0 Å². The molecule has 0 fully saturated rings. The Morgan fingerprint density at radius 2 is 2.00 bits per heavy atom. The van der Waals surface area contributed by atoms with Gasteiger partial charge in [0.25, 0.3) is 0 Å². The Hall–Kier alpha value is -1.41. The fourth-order valence-electron chi connectivity index (χ4n) is 1.61. The minimum atomic E-state index is -0.117. The van der Waals surface area contributed by atoms with E-state index in [0.29, 0.717) is 0 Å². The lowest BCUT2D eigenvalue weighted by molar-refractivity contribution is 0.104. The third kappa shape index (κ3) is 1.19. The Morgan fingerprint density at radius 1 is 1.31 bits per heavy atom. The summed E-state index contributed by atoms with van der Waals surface area (Å²) in [7, 11) is 0. The normalized spacial score (nSPS) is 20.9. The quantitative estimate of drug-likeness (QED) is 0.650. The summed E-state index contributed by atoms with van der Waals surface area (Å²) in [5, 5.41) is 0. The summed E-state index contributed by atoms with van der Waals surface area (Å²) >= 11 is 0. The number of benzene rings is 1. The lowest BCUT2D eigenvalue weighted by Gasteiger charge is -2.20. The molecule has 1 unspecified atom stereocenters. The van der Waals surface area contributed by atoms with Gasteiger partial charge in [-0.2, -0.15) is 0 Å². The van der Waals surface area contributed by atoms with E-state index in [1.54, 1.807) is 6.08 Å². The topological polar surface area (TPSA) is 43.1 Å². The van der Waals surface area contributed by atoms with Crippen LogP contribution in [0.15, 0.2) is 35.9 Å². The van der Waals surface area contributed by atoms with Gasteiger partial charge in [-0.1, -0.05) is 24.3 Å². The highest BCUT2D eigenvalue weighted by molar-refractivity contribution is 6.07. The molecule has 2 N–H and O–H groups in total. The van der Waals surface area contributed by atoms with Gasteiger partial charge in [0.05, 0.1) is 6.04 Å². The molecule has 0 spiro atoms. The molecule has 66 valence electrons. The van der Waals surface area contributed by atoms with E-state index in [1.165, 1.54) is 0 Å². The first-order valence-electron chi connectivity index (χ1n) is 4.27. The Balaban J connectivity index is 2.62. The molecule has 1 aromatic carbocycles. The first-order valence-corrected chi connectivity index (χ1v) is 4.27. The van der Waals surface area contributed by atoms with Crippen LogP contribution in [0.2, 0.25) is 0 Å². The van der Waals surface area contributed by atoms with Crippen molar-refractivity contribution in [3.63, 3.8) is 0 Å². The Bertz CT molecular complexity index is 393. The maximum atomic E-state index is 11.5. The molecule has 0 aromatic heterocycles. The molecular formula is C11H11NO. The molecule has 13 heavy (non-hydrogen) atoms. The standard InChI is InChI=1S/C11H11NO/c1-7-6-10(13)8-4-2-3-5-9(8)11(7)12/h2-6,11H,12H2,1H3. The van der Waals surface area contributed by atoms with E-state index in [2.05, 4.69) is 0 Å². The van der Waals surface area contributed by atoms with Crippen LogP contribution in [0.25, 0.3) is 0 Å². The first kappa shape index (κ1) is 8.20. The summed E-state index contributed by atoms with van der Waals surface area (Å²) < 4.78 is 0. The smallest absolute Gasteiger partial charge is 0.186 e. The van der Waals surface area contributed by atoms with Crippen LogP contribution < -0.4 is 5.73 Å². The predicted octanol–water partition coefficient (Wildman–Crippen LogP) is 1.83. The molecule has 1 atom stereocenters. The molecule has 1 aromatic rings. The van der Waals surface area contributed by atoms with Crippen molar-refractivity contribution in [1.82, 2.24) is 0 Å². The maximum absolute atomic E-state index is 11.5. The molecule has 0 heterocycles. The zero-order valence-electron chi connectivity index (χ0n) is 7.45. The van der Waals surface area contributed by atoms with Crippen LogP contribution in [-0.2, 0) is 0 Å². The lowest BCUT2D eigenvalue weighted by atomic mass is 9.88. The van der Waals surface area contributed by atoms with Gasteiger partial charge in [0.1, 0.15) is 0 Å². The highest BCUT2D eigenvalue weighted by atomic mass is 16.1. The Kier molecular flexibility index (Phi) is 1.78. The van der Waals surface area contributed by atoms with E-state index in [-0.39, 0.29) is 11.8 Å². The second kappa shape index (κ2) is 2.82. The minimum Gasteiger partial charge on any atom is -0.321 e. The number of carbonyl (C=O) groups excluding carboxylic acids is 1. The average Bonchev–Trinajstić information content (AvgIpc) is 2.15. The third-order valence-electron chi connectivity index (χ3n) is 2.41. The van der Waals surface area contributed by atoms with Crippen molar-refractivity contribution in [2.75, 3.05) is 0 Å². The molecule has 2 nitrogen and oxygen atoms in total. The summed E-state index contributed by atoms with van der Waals surface area (Å²) in [5.74, 6) is 0.0646. The largest absolute Gasteiger partial charge is 0.321 e. The van der Waals surface area contributed by atoms with Crippen LogP contribution in [0.3, 0.4) is 0 Å². The van der Waals surface area contributed by atoms with E-state index in [1.807, 2.05) is 31.2 Å². The molecular weight excluding hydrogens is 162 g/mol. The molecule has 0 radical (unpaired) electrons. The zero-order chi connectivity index (χ0) is 9.42. The van der Waals surface area contributed by atoms with E-state index in [9.17, 15) is 4.79 Å². The molecule has 2 rings (SSSR count). The number of fused-ring (bicyclic) bond motifs is 1. The van der Waals surface area contributed by atoms with Crippen LogP contribution in [0.1, 0.15) is 28.9 Å². The monoisotopic (exact) mass is 173 g/mol. The van der Waals surface area contributed by atoms with Crippen molar-refractivity contribution in [3.05, 3.63) is 47.0 Å². The second-order valence-electron chi connectivity index (χ2n) is 3.32. The second-order valence-corrected chi connectivity index (χ2v) is 3.32. The minimum absolute atomic E-state index is 0.0646. The van der Waals surface area contributed by atoms with E-state index < -0.39 is 0 Å². The molecule has 0 saturated carbocycles. The van der Waals surface area contributed by atoms with Gasteiger partial charge >= 0.3 is 0 Å². The Labute approximate surface area is 77.1 Å². The van der Waals surface area contributed by atoms with Crippen molar-refractivity contribution >= 4 is 5.78 Å². The fourth-order valence-corrected chi connectivity index (χ4v) is 1.61. The summed E-state index contributed by atoms with van der Waals surface area (Å²) in [6, 6.07) is 7.38. The van der Waals surface area contributed by atoms with E-state index in [4.69, 9.17) is 5.73 Å². The summed E-state index contributed by atoms with van der Waals surface area (Å²) in [6.07, 6.45) is 1.62. The van der Waals surface area contributed by atoms with Crippen molar-refractivity contribution < 1.29 is 4.79 Å². The summed E-state index contributed by atoms with van der Waals surface area (Å²) in [4.78, 5) is 11.5. The highest BCUT2D eigenvalue weighted by Crippen LogP contribution is 2.27. The van der Waals surface area contributed by atoms with Crippen molar-refractivity contribution in [2.45, 2.75) is 13.0 Å². The molecule has 1 aliphatic carbocycles. The molecule has 0 saturated heterocycles. The van der Waals surface area contributed by atoms with Crippen molar-refractivity contribution in [1.29, 1.82) is 0 Å². The first-order chi connectivity index (χ1) is 6.20. The molecule has 1 aliphatic rings. The number of nitrogens with two attached hydrogens (primary N) is 1. The molecule has 2 heteroatoms. The summed E-state index contributed by atoms with van der Waals surface area (Å²) in [6.45, 7) is 1.89. The summed E-state index contributed by atoms with van der Waals surface area (Å²) in [5.41, 5.74) is 8.54. The number of hydrogen-bond donors (Lipinski definition) is 1. The van der Waals surface area contributed by atoms with E-state index in [0.717, 1.165) is 16.7 Å². The number of carbonyl (C=O) groups is 1. The van der Waals surface area contributed by atoms with Crippen molar-refractivity contribution in [3.8, 4) is 0 Å². The molecule has 0 aliphatic heterocycles. The van der Waals surface area contributed by atoms with Gasteiger partial charge in [-0.05, 0) is 24.1 Å². The molecule has 0 bridgehead atoms. The van der Waals surface area contributed by atoms with Crippen molar-refractivity contribution in [2.24, 2.45) is 5.73 Å². The predicted molar refractivity (Wildman–Crippen MR) is 51.5 cm³/mol. The van der Waals surface area contributed by atoms with Crippen LogP contribution in [0, 0.1) is 0 Å². The fraction of sp³-hybridized carbons (Fsp3) is 0.182. The van der Waals surface area contributed by atoms with Gasteiger partial charge in [0.2, 0.25) is 0 Å². The van der Waals surface area contributed by atoms with Gasteiger partial charge in [-0.25, -0.2) is 0 Å². The maximum Gasteiger partial charge on any atom is 0.186 e.